The van der Waals surface area contributed by atoms with Crippen LogP contribution in [0.5, 0.6) is 5.75 Å². The monoisotopic (exact) mass is 384 g/mol. The topological polar surface area (TPSA) is 63.4 Å². The molecule has 0 spiro atoms. The van der Waals surface area contributed by atoms with Gasteiger partial charge in [0.1, 0.15) is 11.6 Å². The molecule has 26 heavy (non-hydrogen) atoms. The number of halogens is 2. The number of aromatic nitrogens is 2. The maximum atomic E-state index is 12.9. The molecule has 2 heterocycles. The molecule has 2 aromatic rings. The van der Waals surface area contributed by atoms with Gasteiger partial charge in [0.2, 0.25) is 11.7 Å². The summed E-state index contributed by atoms with van der Waals surface area (Å²) in [5, 5.41) is 7.17. The fraction of sp³-hybridized carbons (Fsp3) is 0.556. The Kier molecular flexibility index (Phi) is 8.28. The molecule has 1 aromatic heterocycles. The SMILES string of the molecule is CNCCC1CCN(Cc2nc(COc3ccc(F)cc3)no2)CC1.Cl. The van der Waals surface area contributed by atoms with Crippen LogP contribution in [0, 0.1) is 11.7 Å². The summed E-state index contributed by atoms with van der Waals surface area (Å²) < 4.78 is 23.7. The van der Waals surface area contributed by atoms with Crippen molar-refractivity contribution < 1.29 is 13.7 Å². The van der Waals surface area contributed by atoms with Crippen LogP contribution in [-0.4, -0.2) is 41.7 Å². The van der Waals surface area contributed by atoms with Crippen LogP contribution in [0.4, 0.5) is 4.39 Å². The molecule has 0 amide bonds. The highest BCUT2D eigenvalue weighted by atomic mass is 35.5. The third-order valence-electron chi connectivity index (χ3n) is 4.56. The van der Waals surface area contributed by atoms with E-state index >= 15 is 0 Å². The summed E-state index contributed by atoms with van der Waals surface area (Å²) in [6.45, 7) is 4.12. The fourth-order valence-electron chi connectivity index (χ4n) is 3.06. The van der Waals surface area contributed by atoms with Crippen molar-refractivity contribution in [3.8, 4) is 5.75 Å². The van der Waals surface area contributed by atoms with Gasteiger partial charge < -0.3 is 14.6 Å². The van der Waals surface area contributed by atoms with Gasteiger partial charge in [-0.05, 0) is 76.1 Å². The lowest BCUT2D eigenvalue weighted by molar-refractivity contribution is 0.155. The van der Waals surface area contributed by atoms with Gasteiger partial charge in [-0.3, -0.25) is 4.90 Å². The largest absolute Gasteiger partial charge is 0.485 e. The van der Waals surface area contributed by atoms with E-state index in [-0.39, 0.29) is 24.8 Å². The molecule has 0 saturated carbocycles. The van der Waals surface area contributed by atoms with Crippen LogP contribution in [0.15, 0.2) is 28.8 Å². The number of nitrogens with one attached hydrogen (secondary N) is 1. The molecule has 0 radical (unpaired) electrons. The van der Waals surface area contributed by atoms with Crippen molar-refractivity contribution in [1.29, 1.82) is 0 Å². The number of nitrogens with zero attached hydrogens (tertiary/aromatic N) is 3. The van der Waals surface area contributed by atoms with Gasteiger partial charge >= 0.3 is 0 Å². The van der Waals surface area contributed by atoms with Gasteiger partial charge in [-0.25, -0.2) is 4.39 Å². The molecular formula is C18H26ClFN4O2. The molecular weight excluding hydrogens is 359 g/mol. The first kappa shape index (κ1) is 20.6. The number of benzene rings is 1. The summed E-state index contributed by atoms with van der Waals surface area (Å²) in [6.07, 6.45) is 3.68. The van der Waals surface area contributed by atoms with Crippen molar-refractivity contribution in [1.82, 2.24) is 20.4 Å². The van der Waals surface area contributed by atoms with E-state index in [0.717, 1.165) is 25.6 Å². The minimum absolute atomic E-state index is 0. The Morgan fingerprint density at radius 2 is 2.00 bits per heavy atom. The Morgan fingerprint density at radius 1 is 1.27 bits per heavy atom. The molecule has 6 nitrogen and oxygen atoms in total. The second-order valence-electron chi connectivity index (χ2n) is 6.46. The van der Waals surface area contributed by atoms with Gasteiger partial charge in [0, 0.05) is 0 Å². The van der Waals surface area contributed by atoms with Crippen LogP contribution in [0.3, 0.4) is 0 Å². The van der Waals surface area contributed by atoms with Crippen LogP contribution < -0.4 is 10.1 Å². The van der Waals surface area contributed by atoms with Crippen molar-refractivity contribution in [2.45, 2.75) is 32.4 Å². The first-order valence-electron chi connectivity index (χ1n) is 8.79. The first-order valence-corrected chi connectivity index (χ1v) is 8.79. The zero-order chi connectivity index (χ0) is 17.5. The van der Waals surface area contributed by atoms with Crippen LogP contribution in [0.2, 0.25) is 0 Å². The third-order valence-corrected chi connectivity index (χ3v) is 4.56. The summed E-state index contributed by atoms with van der Waals surface area (Å²) in [5.74, 6) is 2.22. The third kappa shape index (κ3) is 6.23. The average molecular weight is 385 g/mol. The van der Waals surface area contributed by atoms with Crippen LogP contribution in [0.1, 0.15) is 31.0 Å². The van der Waals surface area contributed by atoms with Gasteiger partial charge in [-0.15, -0.1) is 12.4 Å². The summed E-state index contributed by atoms with van der Waals surface area (Å²) in [6, 6.07) is 5.87. The summed E-state index contributed by atoms with van der Waals surface area (Å²) >= 11 is 0. The second-order valence-corrected chi connectivity index (χ2v) is 6.46. The normalized spacial score (nSPS) is 15.6. The lowest BCUT2D eigenvalue weighted by atomic mass is 9.93. The summed E-state index contributed by atoms with van der Waals surface area (Å²) in [7, 11) is 2.00. The van der Waals surface area contributed by atoms with E-state index in [1.165, 1.54) is 31.4 Å². The Bertz CT molecular complexity index is 645. The molecule has 144 valence electrons. The van der Waals surface area contributed by atoms with E-state index in [2.05, 4.69) is 20.4 Å². The van der Waals surface area contributed by atoms with Crippen molar-refractivity contribution in [2.24, 2.45) is 5.92 Å². The van der Waals surface area contributed by atoms with E-state index in [9.17, 15) is 4.39 Å². The zero-order valence-corrected chi connectivity index (χ0v) is 15.8. The van der Waals surface area contributed by atoms with Crippen molar-refractivity contribution >= 4 is 12.4 Å². The van der Waals surface area contributed by atoms with E-state index in [1.54, 1.807) is 12.1 Å². The Balaban J connectivity index is 0.00000243. The number of hydrogen-bond donors (Lipinski definition) is 1. The van der Waals surface area contributed by atoms with E-state index in [4.69, 9.17) is 9.26 Å². The molecule has 3 rings (SSSR count). The van der Waals surface area contributed by atoms with Gasteiger partial charge in [0.15, 0.2) is 6.61 Å². The lowest BCUT2D eigenvalue weighted by Gasteiger charge is -2.30. The molecule has 1 aliphatic rings. The second kappa shape index (κ2) is 10.4. The molecule has 8 heteroatoms. The van der Waals surface area contributed by atoms with E-state index in [1.807, 2.05) is 7.05 Å². The predicted octanol–water partition coefficient (Wildman–Crippen LogP) is 3.03. The molecule has 1 aromatic carbocycles. The molecule has 0 atom stereocenters. The Morgan fingerprint density at radius 3 is 2.69 bits per heavy atom. The smallest absolute Gasteiger partial charge is 0.240 e. The number of ether oxygens (including phenoxy) is 1. The van der Waals surface area contributed by atoms with E-state index in [0.29, 0.717) is 24.0 Å². The van der Waals surface area contributed by atoms with E-state index < -0.39 is 0 Å². The maximum absolute atomic E-state index is 12.9. The Labute approximate surface area is 159 Å². The van der Waals surface area contributed by atoms with Crippen LogP contribution in [-0.2, 0) is 13.2 Å². The van der Waals surface area contributed by atoms with Gasteiger partial charge in [0.25, 0.3) is 0 Å². The minimum Gasteiger partial charge on any atom is -0.485 e. The fourth-order valence-corrected chi connectivity index (χ4v) is 3.06. The average Bonchev–Trinajstić information content (AvgIpc) is 3.08. The summed E-state index contributed by atoms with van der Waals surface area (Å²) in [4.78, 5) is 6.73. The van der Waals surface area contributed by atoms with Crippen LogP contribution >= 0.6 is 12.4 Å². The van der Waals surface area contributed by atoms with Gasteiger partial charge in [-0.1, -0.05) is 5.16 Å². The number of piperidine rings is 1. The standard InChI is InChI=1S/C18H25FN4O2.ClH/c1-20-9-6-14-7-10-23(11-8-14)12-18-21-17(22-25-18)13-24-16-4-2-15(19)3-5-16;/h2-5,14,20H,6-13H2,1H3;1H. The molecule has 1 saturated heterocycles. The van der Waals surface area contributed by atoms with Crippen molar-refractivity contribution in [2.75, 3.05) is 26.7 Å². The highest BCUT2D eigenvalue weighted by molar-refractivity contribution is 5.85. The van der Waals surface area contributed by atoms with Gasteiger partial charge in [0.05, 0.1) is 6.54 Å². The highest BCUT2D eigenvalue weighted by Gasteiger charge is 2.20. The molecule has 0 unspecified atom stereocenters. The zero-order valence-electron chi connectivity index (χ0n) is 15.0. The highest BCUT2D eigenvalue weighted by Crippen LogP contribution is 2.21. The minimum atomic E-state index is -0.288. The Hall–Kier alpha value is -1.70. The number of rotatable bonds is 8. The molecule has 1 fully saturated rings. The first-order chi connectivity index (χ1) is 12.2. The molecule has 1 aliphatic heterocycles. The number of likely N-dealkylation sites (tertiary alicyclic amines) is 1. The molecule has 0 aliphatic carbocycles. The lowest BCUT2D eigenvalue weighted by Crippen LogP contribution is -2.34. The summed E-state index contributed by atoms with van der Waals surface area (Å²) in [5.41, 5.74) is 0. The molecule has 1 N–H and O–H groups in total. The van der Waals surface area contributed by atoms with Crippen molar-refractivity contribution in [3.63, 3.8) is 0 Å². The van der Waals surface area contributed by atoms with Crippen molar-refractivity contribution in [3.05, 3.63) is 41.8 Å². The predicted molar refractivity (Wildman–Crippen MR) is 98.8 cm³/mol. The number of hydrogen-bond acceptors (Lipinski definition) is 6. The quantitative estimate of drug-likeness (QED) is 0.754. The molecule has 0 bridgehead atoms. The van der Waals surface area contributed by atoms with Gasteiger partial charge in [-0.2, -0.15) is 4.98 Å². The maximum Gasteiger partial charge on any atom is 0.240 e. The van der Waals surface area contributed by atoms with Crippen LogP contribution in [0.25, 0.3) is 0 Å².